The molecule has 0 radical (unpaired) electrons. The molecule has 176 valence electrons. The van der Waals surface area contributed by atoms with Gasteiger partial charge in [0.1, 0.15) is 0 Å². The Balaban J connectivity index is 1.67. The topological polar surface area (TPSA) is 58.1 Å². The molecule has 0 fully saturated rings. The molecule has 0 saturated carbocycles. The van der Waals surface area contributed by atoms with Gasteiger partial charge in [-0.05, 0) is 62.2 Å². The van der Waals surface area contributed by atoms with Crippen molar-refractivity contribution in [3.63, 3.8) is 0 Å². The van der Waals surface area contributed by atoms with Gasteiger partial charge in [-0.1, -0.05) is 29.8 Å². The molecule has 1 amide bonds. The molecule has 0 bridgehead atoms. The van der Waals surface area contributed by atoms with Gasteiger partial charge in [0.05, 0.1) is 16.9 Å². The van der Waals surface area contributed by atoms with Crippen molar-refractivity contribution in [2.24, 2.45) is 0 Å². The van der Waals surface area contributed by atoms with Crippen LogP contribution in [0.4, 0.5) is 24.8 Å². The summed E-state index contributed by atoms with van der Waals surface area (Å²) in [7, 11) is 0. The molecule has 1 aliphatic rings. The number of carbonyl (C=O) groups is 1. The Bertz CT molecular complexity index is 1210. The van der Waals surface area contributed by atoms with E-state index in [2.05, 4.69) is 28.3 Å². The zero-order chi connectivity index (χ0) is 24.3. The van der Waals surface area contributed by atoms with E-state index in [9.17, 15) is 18.0 Å². The number of nitrogens with one attached hydrogen (secondary N) is 1. The number of hydrogen-bond donors (Lipinski definition) is 1. The number of hydrogen-bond acceptors (Lipinski definition) is 4. The highest BCUT2D eigenvalue weighted by atomic mass is 35.5. The van der Waals surface area contributed by atoms with Crippen molar-refractivity contribution in [3.8, 4) is 11.3 Å². The second kappa shape index (κ2) is 9.85. The molecule has 9 heteroatoms. The van der Waals surface area contributed by atoms with E-state index in [1.54, 1.807) is 24.3 Å². The molecule has 34 heavy (non-hydrogen) atoms. The van der Waals surface area contributed by atoms with Gasteiger partial charge < -0.3 is 5.32 Å². The molecule has 0 saturated heterocycles. The van der Waals surface area contributed by atoms with Gasteiger partial charge in [0.25, 0.3) is 0 Å². The number of carbonyl (C=O) groups excluding carboxylic acids is 1. The summed E-state index contributed by atoms with van der Waals surface area (Å²) in [4.78, 5) is 23.4. The minimum absolute atomic E-state index is 0.0731. The van der Waals surface area contributed by atoms with Gasteiger partial charge >= 0.3 is 6.18 Å². The second-order valence-corrected chi connectivity index (χ2v) is 8.47. The summed E-state index contributed by atoms with van der Waals surface area (Å²) in [6.07, 6.45) is 0.582. The largest absolute Gasteiger partial charge is 0.416 e. The van der Waals surface area contributed by atoms with E-state index in [1.807, 2.05) is 6.07 Å². The first-order valence-corrected chi connectivity index (χ1v) is 11.1. The molecular weight excluding hydrogens is 465 g/mol. The monoisotopic (exact) mass is 486 g/mol. The molecule has 2 aromatic carbocycles. The van der Waals surface area contributed by atoms with Crippen LogP contribution in [0.2, 0.25) is 5.02 Å². The van der Waals surface area contributed by atoms with Crippen molar-refractivity contribution < 1.29 is 18.0 Å². The van der Waals surface area contributed by atoms with Crippen LogP contribution in [0.25, 0.3) is 11.3 Å². The quantitative estimate of drug-likeness (QED) is 0.430. The van der Waals surface area contributed by atoms with Crippen LogP contribution in [0.1, 0.15) is 31.7 Å². The van der Waals surface area contributed by atoms with Crippen LogP contribution in [0.15, 0.2) is 72.6 Å². The molecule has 1 aliphatic heterocycles. The average molecular weight is 487 g/mol. The predicted octanol–water partition coefficient (Wildman–Crippen LogP) is 6.53. The molecule has 1 N–H and O–H groups in total. The van der Waals surface area contributed by atoms with Crippen LogP contribution in [-0.2, 0) is 11.0 Å². The van der Waals surface area contributed by atoms with E-state index in [4.69, 9.17) is 11.6 Å². The van der Waals surface area contributed by atoms with E-state index in [1.165, 1.54) is 23.2 Å². The fourth-order valence-electron chi connectivity index (χ4n) is 3.72. The van der Waals surface area contributed by atoms with Crippen LogP contribution in [0, 0.1) is 0 Å². The first kappa shape index (κ1) is 23.8. The van der Waals surface area contributed by atoms with Crippen molar-refractivity contribution in [3.05, 3.63) is 83.2 Å². The van der Waals surface area contributed by atoms with Crippen LogP contribution < -0.4 is 10.2 Å². The molecule has 1 unspecified atom stereocenters. The van der Waals surface area contributed by atoms with E-state index in [-0.39, 0.29) is 24.0 Å². The van der Waals surface area contributed by atoms with Crippen molar-refractivity contribution >= 4 is 29.1 Å². The molecule has 3 aromatic rings. The van der Waals surface area contributed by atoms with Crippen LogP contribution in [0.3, 0.4) is 0 Å². The predicted molar refractivity (Wildman–Crippen MR) is 126 cm³/mol. The fourth-order valence-corrected chi connectivity index (χ4v) is 3.91. The van der Waals surface area contributed by atoms with Crippen molar-refractivity contribution in [2.75, 3.05) is 4.90 Å². The molecule has 0 spiro atoms. The van der Waals surface area contributed by atoms with E-state index in [0.29, 0.717) is 23.2 Å². The number of amides is 1. The lowest BCUT2D eigenvalue weighted by Crippen LogP contribution is -2.28. The average Bonchev–Trinajstić information content (AvgIpc) is 3.23. The Kier molecular flexibility index (Phi) is 6.88. The summed E-state index contributed by atoms with van der Waals surface area (Å²) in [5.74, 6) is -0.255. The second-order valence-electron chi connectivity index (χ2n) is 8.04. The van der Waals surface area contributed by atoms with Crippen molar-refractivity contribution in [1.82, 2.24) is 15.3 Å². The van der Waals surface area contributed by atoms with E-state index >= 15 is 0 Å². The van der Waals surface area contributed by atoms with Crippen molar-refractivity contribution in [2.45, 2.75) is 38.4 Å². The number of allylic oxidation sites excluding steroid dienone is 1. The summed E-state index contributed by atoms with van der Waals surface area (Å²) in [5, 5.41) is 3.84. The summed E-state index contributed by atoms with van der Waals surface area (Å²) >= 11 is 6.10. The standard InChI is InChI=1S/C25H22ClF3N4O/c1-16-5-8-20(31-16)9-12-23(34)33(21-10-6-18(7-11-21)25(27,28)29)24-30-14-13-22(32-24)17-3-2-4-19(26)15-17/h2-4,6-8,10-11,13-16,31H,5,9,12H2,1H3. The Labute approximate surface area is 200 Å². The third-order valence-electron chi connectivity index (χ3n) is 5.42. The number of anilines is 2. The van der Waals surface area contributed by atoms with Gasteiger partial charge in [-0.2, -0.15) is 13.2 Å². The first-order valence-electron chi connectivity index (χ1n) is 10.8. The summed E-state index contributed by atoms with van der Waals surface area (Å²) in [5.41, 5.74) is 1.69. The highest BCUT2D eigenvalue weighted by Gasteiger charge is 2.31. The summed E-state index contributed by atoms with van der Waals surface area (Å²) in [6.45, 7) is 2.05. The number of aromatic nitrogens is 2. The van der Waals surface area contributed by atoms with Crippen LogP contribution in [0.5, 0.6) is 0 Å². The normalized spacial score (nSPS) is 15.6. The maximum Gasteiger partial charge on any atom is 0.416 e. The fraction of sp³-hybridized carbons (Fsp3) is 0.240. The van der Waals surface area contributed by atoms with Gasteiger partial charge in [0.2, 0.25) is 11.9 Å². The van der Waals surface area contributed by atoms with Gasteiger partial charge in [0.15, 0.2) is 0 Å². The lowest BCUT2D eigenvalue weighted by molar-refractivity contribution is -0.137. The minimum atomic E-state index is -4.48. The maximum atomic E-state index is 13.3. The number of alkyl halides is 3. The number of halogens is 4. The summed E-state index contributed by atoms with van der Waals surface area (Å²) < 4.78 is 39.2. The molecule has 1 aromatic heterocycles. The number of rotatable bonds is 6. The van der Waals surface area contributed by atoms with Crippen LogP contribution >= 0.6 is 11.6 Å². The third kappa shape index (κ3) is 5.56. The van der Waals surface area contributed by atoms with Crippen LogP contribution in [-0.4, -0.2) is 21.9 Å². The van der Waals surface area contributed by atoms with E-state index < -0.39 is 11.7 Å². The highest BCUT2D eigenvalue weighted by Crippen LogP contribution is 2.33. The van der Waals surface area contributed by atoms with Gasteiger partial charge in [0, 0.05) is 34.9 Å². The van der Waals surface area contributed by atoms with Crippen molar-refractivity contribution in [1.29, 1.82) is 0 Å². The molecule has 1 atom stereocenters. The number of nitrogens with zero attached hydrogens (tertiary/aromatic N) is 3. The summed E-state index contributed by atoms with van der Waals surface area (Å²) in [6, 6.07) is 13.5. The Morgan fingerprint density at radius 3 is 2.59 bits per heavy atom. The van der Waals surface area contributed by atoms with Gasteiger partial charge in [-0.3, -0.25) is 4.79 Å². The maximum absolute atomic E-state index is 13.3. The molecular formula is C25H22ClF3N4O. The first-order chi connectivity index (χ1) is 16.2. The molecule has 5 nitrogen and oxygen atoms in total. The Morgan fingerprint density at radius 2 is 1.94 bits per heavy atom. The molecule has 4 rings (SSSR count). The smallest absolute Gasteiger partial charge is 0.386 e. The zero-order valence-corrected chi connectivity index (χ0v) is 19.1. The lowest BCUT2D eigenvalue weighted by Gasteiger charge is -2.22. The van der Waals surface area contributed by atoms with E-state index in [0.717, 1.165) is 29.8 Å². The third-order valence-corrected chi connectivity index (χ3v) is 5.66. The highest BCUT2D eigenvalue weighted by molar-refractivity contribution is 6.30. The minimum Gasteiger partial charge on any atom is -0.386 e. The zero-order valence-electron chi connectivity index (χ0n) is 18.3. The Hall–Kier alpha value is -3.39. The lowest BCUT2D eigenvalue weighted by atomic mass is 10.1. The SMILES string of the molecule is CC1CC=C(CCC(=O)N(c2ccc(C(F)(F)F)cc2)c2nccc(-c3cccc(Cl)c3)n2)N1. The van der Waals surface area contributed by atoms with Gasteiger partial charge in [-0.25, -0.2) is 14.9 Å². The van der Waals surface area contributed by atoms with Gasteiger partial charge in [-0.15, -0.1) is 0 Å². The molecule has 0 aliphatic carbocycles. The number of benzene rings is 2. The Morgan fingerprint density at radius 1 is 1.18 bits per heavy atom. The molecule has 2 heterocycles.